The van der Waals surface area contributed by atoms with Crippen LogP contribution in [0, 0.1) is 0 Å². The van der Waals surface area contributed by atoms with Crippen LogP contribution in [0.4, 0.5) is 0 Å². The van der Waals surface area contributed by atoms with Crippen LogP contribution in [0.3, 0.4) is 0 Å². The van der Waals surface area contributed by atoms with Gasteiger partial charge in [0.1, 0.15) is 5.75 Å². The van der Waals surface area contributed by atoms with Crippen LogP contribution in [0.5, 0.6) is 5.75 Å². The van der Waals surface area contributed by atoms with Crippen molar-refractivity contribution in [3.8, 4) is 5.75 Å². The van der Waals surface area contributed by atoms with Gasteiger partial charge in [0.2, 0.25) is 0 Å². The van der Waals surface area contributed by atoms with Gasteiger partial charge in [-0.1, -0.05) is 12.1 Å². The molecule has 3 rings (SSSR count). The minimum Gasteiger partial charge on any atom is -0.497 e. The molecule has 21 heavy (non-hydrogen) atoms. The number of pyridine rings is 1. The summed E-state index contributed by atoms with van der Waals surface area (Å²) in [5.74, 6) is 1.33. The number of nitrogens with zero attached hydrogens (tertiary/aromatic N) is 2. The fourth-order valence-corrected chi connectivity index (χ4v) is 3.11. The topological polar surface area (TPSA) is 67.9 Å². The molecule has 0 saturated carbocycles. The second-order valence-electron chi connectivity index (χ2n) is 4.59. The maximum Gasteiger partial charge on any atom is 0.197 e. The highest BCUT2D eigenvalue weighted by Crippen LogP contribution is 2.15. The predicted octanol–water partition coefficient (Wildman–Crippen LogP) is 2.32. The molecule has 1 unspecified atom stereocenters. The molecule has 5 nitrogen and oxygen atoms in total. The number of aromatic amines is 1. The lowest BCUT2D eigenvalue weighted by Crippen LogP contribution is -2.03. The van der Waals surface area contributed by atoms with E-state index in [1.807, 2.05) is 24.3 Å². The summed E-state index contributed by atoms with van der Waals surface area (Å²) in [7, 11) is 0.478. The second kappa shape index (κ2) is 6.05. The molecule has 1 atom stereocenters. The second-order valence-corrected chi connectivity index (χ2v) is 6.07. The summed E-state index contributed by atoms with van der Waals surface area (Å²) in [6.45, 7) is 0. The largest absolute Gasteiger partial charge is 0.497 e. The average molecular weight is 301 g/mol. The zero-order valence-electron chi connectivity index (χ0n) is 11.6. The van der Waals surface area contributed by atoms with Gasteiger partial charge in [-0.05, 0) is 30.2 Å². The molecule has 0 bridgehead atoms. The van der Waals surface area contributed by atoms with Crippen molar-refractivity contribution in [2.45, 2.75) is 11.6 Å². The third-order valence-electron chi connectivity index (χ3n) is 3.19. The Morgan fingerprint density at radius 1 is 1.33 bits per heavy atom. The Morgan fingerprint density at radius 3 is 3.05 bits per heavy atom. The van der Waals surface area contributed by atoms with Gasteiger partial charge in [0, 0.05) is 11.9 Å². The number of aromatic nitrogens is 3. The number of ether oxygens (including phenoxy) is 1. The highest BCUT2D eigenvalue weighted by molar-refractivity contribution is 7.84. The Bertz CT molecular complexity index is 752. The monoisotopic (exact) mass is 301 g/mol. The van der Waals surface area contributed by atoms with Gasteiger partial charge >= 0.3 is 0 Å². The normalized spacial score (nSPS) is 12.4. The Morgan fingerprint density at radius 2 is 2.24 bits per heavy atom. The molecule has 108 valence electrons. The number of H-pyrrole nitrogens is 1. The van der Waals surface area contributed by atoms with Gasteiger partial charge in [0.05, 0.1) is 35.1 Å². The molecule has 0 aliphatic carbocycles. The van der Waals surface area contributed by atoms with E-state index in [9.17, 15) is 4.21 Å². The molecule has 0 radical (unpaired) electrons. The van der Waals surface area contributed by atoms with Gasteiger partial charge in [-0.2, -0.15) is 0 Å². The van der Waals surface area contributed by atoms with E-state index in [2.05, 4.69) is 15.0 Å². The quantitative estimate of drug-likeness (QED) is 0.785. The number of aryl methyl sites for hydroxylation is 1. The average Bonchev–Trinajstić information content (AvgIpc) is 2.97. The number of methoxy groups -OCH3 is 1. The van der Waals surface area contributed by atoms with E-state index >= 15 is 0 Å². The first kappa shape index (κ1) is 13.8. The summed E-state index contributed by atoms with van der Waals surface area (Å²) in [6.07, 6.45) is 4.07. The number of rotatable bonds is 5. The molecule has 2 aromatic heterocycles. The number of hydrogen-bond donors (Lipinski definition) is 1. The van der Waals surface area contributed by atoms with Gasteiger partial charge in [0.25, 0.3) is 0 Å². The molecular formula is C15H15N3O2S. The standard InChI is InChI=1S/C15H15N3O2S/c1-20-12-4-2-3-11(9-12)6-8-21(19)15-17-13-5-7-16-10-14(13)18-15/h2-5,7,9-10H,6,8H2,1H3,(H,17,18). The lowest BCUT2D eigenvalue weighted by molar-refractivity contribution is 0.414. The molecule has 1 N–H and O–H groups in total. The molecule has 2 heterocycles. The van der Waals surface area contributed by atoms with E-state index in [1.165, 1.54) is 0 Å². The number of imidazole rings is 1. The first-order valence-corrected chi connectivity index (χ1v) is 7.89. The summed E-state index contributed by atoms with van der Waals surface area (Å²) in [6, 6.07) is 9.59. The molecule has 0 fully saturated rings. The third-order valence-corrected chi connectivity index (χ3v) is 4.39. The van der Waals surface area contributed by atoms with Gasteiger partial charge in [-0.3, -0.25) is 9.19 Å². The highest BCUT2D eigenvalue weighted by atomic mass is 32.2. The van der Waals surface area contributed by atoms with Crippen LogP contribution in [0.15, 0.2) is 47.9 Å². The summed E-state index contributed by atoms with van der Waals surface area (Å²) in [5.41, 5.74) is 2.69. The summed E-state index contributed by atoms with van der Waals surface area (Å²) in [4.78, 5) is 11.4. The van der Waals surface area contributed by atoms with Crippen LogP contribution in [0.1, 0.15) is 5.56 Å². The number of fused-ring (bicyclic) bond motifs is 1. The van der Waals surface area contributed by atoms with E-state index < -0.39 is 10.8 Å². The molecule has 0 amide bonds. The van der Waals surface area contributed by atoms with Crippen LogP contribution in [-0.4, -0.2) is 32.0 Å². The summed E-state index contributed by atoms with van der Waals surface area (Å²) < 4.78 is 17.5. The van der Waals surface area contributed by atoms with Crippen LogP contribution in [0.2, 0.25) is 0 Å². The number of hydrogen-bond acceptors (Lipinski definition) is 4. The molecule has 3 aromatic rings. The maximum atomic E-state index is 12.3. The minimum absolute atomic E-state index is 0.501. The Kier molecular flexibility index (Phi) is 3.96. The summed E-state index contributed by atoms with van der Waals surface area (Å²) >= 11 is 0. The molecule has 0 aliphatic heterocycles. The first-order valence-electron chi connectivity index (χ1n) is 6.57. The minimum atomic E-state index is -1.16. The van der Waals surface area contributed by atoms with E-state index in [-0.39, 0.29) is 0 Å². The SMILES string of the molecule is COc1cccc(CCS(=O)c2nc3ccncc3[nH]2)c1. The van der Waals surface area contributed by atoms with Gasteiger partial charge in [-0.25, -0.2) is 4.98 Å². The van der Waals surface area contributed by atoms with E-state index in [4.69, 9.17) is 4.74 Å². The smallest absolute Gasteiger partial charge is 0.197 e. The molecule has 0 saturated heterocycles. The summed E-state index contributed by atoms with van der Waals surface area (Å²) in [5, 5.41) is 0.501. The zero-order valence-corrected chi connectivity index (χ0v) is 12.4. The predicted molar refractivity (Wildman–Crippen MR) is 81.9 cm³/mol. The van der Waals surface area contributed by atoms with E-state index in [0.29, 0.717) is 17.3 Å². The highest BCUT2D eigenvalue weighted by Gasteiger charge is 2.10. The first-order chi connectivity index (χ1) is 10.3. The van der Waals surface area contributed by atoms with Crippen molar-refractivity contribution in [1.82, 2.24) is 15.0 Å². The van der Waals surface area contributed by atoms with Crippen molar-refractivity contribution >= 4 is 21.8 Å². The third kappa shape index (κ3) is 3.11. The Labute approximate surface area is 124 Å². The molecule has 0 aliphatic rings. The van der Waals surface area contributed by atoms with Gasteiger partial charge in [0.15, 0.2) is 5.16 Å². The molecule has 0 spiro atoms. The lowest BCUT2D eigenvalue weighted by atomic mass is 10.2. The van der Waals surface area contributed by atoms with Crippen LogP contribution in [-0.2, 0) is 17.2 Å². The van der Waals surface area contributed by atoms with E-state index in [0.717, 1.165) is 22.3 Å². The van der Waals surface area contributed by atoms with Crippen molar-refractivity contribution in [2.24, 2.45) is 0 Å². The molecule has 6 heteroatoms. The fraction of sp³-hybridized carbons (Fsp3) is 0.200. The number of nitrogens with one attached hydrogen (secondary N) is 1. The zero-order chi connectivity index (χ0) is 14.7. The molecular weight excluding hydrogens is 286 g/mol. The van der Waals surface area contributed by atoms with Crippen molar-refractivity contribution in [1.29, 1.82) is 0 Å². The van der Waals surface area contributed by atoms with Gasteiger partial charge < -0.3 is 9.72 Å². The van der Waals surface area contributed by atoms with Gasteiger partial charge in [-0.15, -0.1) is 0 Å². The van der Waals surface area contributed by atoms with Crippen LogP contribution >= 0.6 is 0 Å². The Hall–Kier alpha value is -2.21. The van der Waals surface area contributed by atoms with Crippen LogP contribution in [0.25, 0.3) is 11.0 Å². The maximum absolute atomic E-state index is 12.3. The Balaban J connectivity index is 1.71. The lowest BCUT2D eigenvalue weighted by Gasteiger charge is -2.03. The fourth-order valence-electron chi connectivity index (χ4n) is 2.08. The van der Waals surface area contributed by atoms with Crippen LogP contribution < -0.4 is 4.74 Å². The molecule has 1 aromatic carbocycles. The number of benzene rings is 1. The van der Waals surface area contributed by atoms with Crippen molar-refractivity contribution in [3.63, 3.8) is 0 Å². The van der Waals surface area contributed by atoms with Crippen molar-refractivity contribution in [2.75, 3.05) is 12.9 Å². The van der Waals surface area contributed by atoms with E-state index in [1.54, 1.807) is 25.6 Å². The van der Waals surface area contributed by atoms with Crippen molar-refractivity contribution < 1.29 is 8.95 Å². The van der Waals surface area contributed by atoms with Crippen molar-refractivity contribution in [3.05, 3.63) is 48.3 Å².